The summed E-state index contributed by atoms with van der Waals surface area (Å²) in [4.78, 5) is 49.6. The van der Waals surface area contributed by atoms with Crippen molar-refractivity contribution in [2.24, 2.45) is 0 Å². The summed E-state index contributed by atoms with van der Waals surface area (Å²) in [6, 6.07) is 21.2. The Hall–Kier alpha value is -5.75. The number of carbonyl (C=O) groups excluding carboxylic acids is 3. The number of imide groups is 1. The molecule has 12 nitrogen and oxygen atoms in total. The summed E-state index contributed by atoms with van der Waals surface area (Å²) < 4.78 is 13.8. The van der Waals surface area contributed by atoms with Crippen LogP contribution in [0, 0.1) is 0 Å². The van der Waals surface area contributed by atoms with Crippen LogP contribution in [0.1, 0.15) is 28.8 Å². The zero-order chi connectivity index (χ0) is 33.9. The lowest BCUT2D eigenvalue weighted by Crippen LogP contribution is -2.52. The summed E-state index contributed by atoms with van der Waals surface area (Å²) in [5, 5.41) is 5.66. The van der Waals surface area contributed by atoms with Crippen molar-refractivity contribution in [3.63, 3.8) is 0 Å². The predicted octanol–water partition coefficient (Wildman–Crippen LogP) is 4.40. The normalized spacial score (nSPS) is 15.8. The minimum atomic E-state index is -0.625. The molecule has 250 valence electrons. The summed E-state index contributed by atoms with van der Waals surface area (Å²) in [6.07, 6.45) is 6.41. The van der Waals surface area contributed by atoms with Crippen LogP contribution in [0.15, 0.2) is 85.3 Å². The number of hydrogen-bond donors (Lipinski definition) is 2. The van der Waals surface area contributed by atoms with Crippen molar-refractivity contribution >= 4 is 34.9 Å². The third-order valence-corrected chi connectivity index (χ3v) is 8.75. The highest BCUT2D eigenvalue weighted by molar-refractivity contribution is 6.05. The summed E-state index contributed by atoms with van der Waals surface area (Å²) in [5.74, 6) is 0.705. The molecule has 2 aliphatic rings. The van der Waals surface area contributed by atoms with Crippen LogP contribution in [-0.2, 0) is 20.9 Å². The van der Waals surface area contributed by atoms with Gasteiger partial charge in [-0.1, -0.05) is 24.3 Å². The van der Waals surface area contributed by atoms with E-state index in [0.717, 1.165) is 45.1 Å². The molecule has 0 spiro atoms. The van der Waals surface area contributed by atoms with Crippen molar-refractivity contribution in [3.8, 4) is 28.1 Å². The Bertz CT molecular complexity index is 2010. The van der Waals surface area contributed by atoms with Gasteiger partial charge in [0, 0.05) is 74.6 Å². The molecule has 49 heavy (non-hydrogen) atoms. The standard InChI is InChI=1S/C37H37N7O5/c1-42(2)33-13-9-26(21-39-33)24-5-7-25(8-6-24)30-23-43-16-3-4-32(35(43)40-30)49-19-18-48-17-15-38-28-10-11-29-27(20-28)22-44(37(29)47)31-12-14-34(45)41-36(31)46/h3-11,13,16,20-21,23,31,38H,12,14-15,17-19,22H2,1-2H3,(H,41,45,46). The first-order chi connectivity index (χ1) is 23.8. The van der Waals surface area contributed by atoms with Crippen LogP contribution < -0.4 is 20.3 Å². The van der Waals surface area contributed by atoms with Crippen molar-refractivity contribution in [3.05, 3.63) is 96.4 Å². The summed E-state index contributed by atoms with van der Waals surface area (Å²) in [5.41, 5.74) is 7.04. The van der Waals surface area contributed by atoms with Crippen molar-refractivity contribution < 1.29 is 23.9 Å². The number of anilines is 2. The van der Waals surface area contributed by atoms with Gasteiger partial charge in [-0.3, -0.25) is 19.7 Å². The number of ether oxygens (including phenoxy) is 2. The minimum Gasteiger partial charge on any atom is -0.487 e. The third-order valence-electron chi connectivity index (χ3n) is 8.75. The zero-order valence-corrected chi connectivity index (χ0v) is 27.4. The Morgan fingerprint density at radius 2 is 1.78 bits per heavy atom. The molecule has 3 aromatic heterocycles. The molecule has 2 aromatic carbocycles. The molecule has 1 unspecified atom stereocenters. The summed E-state index contributed by atoms with van der Waals surface area (Å²) >= 11 is 0. The number of benzene rings is 2. The predicted molar refractivity (Wildman–Crippen MR) is 185 cm³/mol. The van der Waals surface area contributed by atoms with Crippen molar-refractivity contribution in [2.75, 3.05) is 50.7 Å². The first-order valence-corrected chi connectivity index (χ1v) is 16.3. The van der Waals surface area contributed by atoms with Gasteiger partial charge in [0.15, 0.2) is 11.4 Å². The van der Waals surface area contributed by atoms with Crippen LogP contribution in [0.25, 0.3) is 28.0 Å². The number of carbonyl (C=O) groups is 3. The van der Waals surface area contributed by atoms with E-state index < -0.39 is 11.9 Å². The molecule has 0 radical (unpaired) electrons. The van der Waals surface area contributed by atoms with Gasteiger partial charge in [0.2, 0.25) is 11.8 Å². The molecule has 0 aliphatic carbocycles. The number of fused-ring (bicyclic) bond motifs is 2. The zero-order valence-electron chi connectivity index (χ0n) is 27.4. The molecule has 0 saturated carbocycles. The maximum atomic E-state index is 12.9. The molecule has 2 aliphatic heterocycles. The monoisotopic (exact) mass is 659 g/mol. The topological polar surface area (TPSA) is 130 Å². The van der Waals surface area contributed by atoms with Crippen molar-refractivity contribution in [1.29, 1.82) is 0 Å². The Balaban J connectivity index is 0.877. The number of pyridine rings is 2. The van der Waals surface area contributed by atoms with E-state index in [4.69, 9.17) is 14.5 Å². The SMILES string of the molecule is CN(C)c1ccc(-c2ccc(-c3cn4cccc(OCCOCCNc5ccc6c(c5)CN(C5CCC(=O)NC5=O)C6=O)c4n3)cc2)cn1. The number of nitrogens with zero attached hydrogens (tertiary/aromatic N) is 5. The van der Waals surface area contributed by atoms with Crippen molar-refractivity contribution in [2.45, 2.75) is 25.4 Å². The second-order valence-electron chi connectivity index (χ2n) is 12.3. The number of amides is 3. The summed E-state index contributed by atoms with van der Waals surface area (Å²) in [6.45, 7) is 2.14. The van der Waals surface area contributed by atoms with E-state index in [0.29, 0.717) is 50.6 Å². The van der Waals surface area contributed by atoms with Crippen LogP contribution in [0.4, 0.5) is 11.5 Å². The fourth-order valence-electron chi connectivity index (χ4n) is 6.16. The second-order valence-corrected chi connectivity index (χ2v) is 12.3. The maximum absolute atomic E-state index is 12.9. The van der Waals surface area contributed by atoms with E-state index in [1.807, 2.05) is 72.3 Å². The fraction of sp³-hybridized carbons (Fsp3) is 0.270. The first-order valence-electron chi connectivity index (χ1n) is 16.3. The Morgan fingerprint density at radius 1 is 0.959 bits per heavy atom. The lowest BCUT2D eigenvalue weighted by Gasteiger charge is -2.29. The van der Waals surface area contributed by atoms with Gasteiger partial charge in [-0.05, 0) is 60.0 Å². The van der Waals surface area contributed by atoms with Gasteiger partial charge in [-0.2, -0.15) is 0 Å². The van der Waals surface area contributed by atoms with Crippen LogP contribution >= 0.6 is 0 Å². The molecular weight excluding hydrogens is 622 g/mol. The smallest absolute Gasteiger partial charge is 0.255 e. The number of rotatable bonds is 12. The number of imidazole rings is 1. The van der Waals surface area contributed by atoms with Gasteiger partial charge in [-0.25, -0.2) is 9.97 Å². The van der Waals surface area contributed by atoms with Crippen LogP contribution in [-0.4, -0.2) is 83.5 Å². The van der Waals surface area contributed by atoms with E-state index in [1.54, 1.807) is 11.0 Å². The molecule has 7 rings (SSSR count). The molecule has 1 fully saturated rings. The highest BCUT2D eigenvalue weighted by Gasteiger charge is 2.39. The van der Waals surface area contributed by atoms with Gasteiger partial charge in [-0.15, -0.1) is 0 Å². The minimum absolute atomic E-state index is 0.184. The van der Waals surface area contributed by atoms with Gasteiger partial charge in [0.1, 0.15) is 18.5 Å². The third kappa shape index (κ3) is 6.81. The molecule has 5 heterocycles. The average Bonchev–Trinajstić information content (AvgIpc) is 3.69. The van der Waals surface area contributed by atoms with E-state index in [2.05, 4.69) is 45.9 Å². The Kier molecular flexibility index (Phi) is 8.95. The van der Waals surface area contributed by atoms with E-state index in [-0.39, 0.29) is 18.2 Å². The first kappa shape index (κ1) is 31.8. The lowest BCUT2D eigenvalue weighted by molar-refractivity contribution is -0.136. The van der Waals surface area contributed by atoms with Crippen LogP contribution in [0.3, 0.4) is 0 Å². The summed E-state index contributed by atoms with van der Waals surface area (Å²) in [7, 11) is 3.95. The van der Waals surface area contributed by atoms with E-state index in [1.165, 1.54) is 0 Å². The quantitative estimate of drug-likeness (QED) is 0.148. The molecule has 12 heteroatoms. The Labute approximate surface area is 283 Å². The molecule has 1 saturated heterocycles. The highest BCUT2D eigenvalue weighted by Crippen LogP contribution is 2.30. The molecule has 3 amide bonds. The number of nitrogens with one attached hydrogen (secondary N) is 2. The van der Waals surface area contributed by atoms with Crippen molar-refractivity contribution in [1.82, 2.24) is 24.6 Å². The van der Waals surface area contributed by atoms with Gasteiger partial charge >= 0.3 is 0 Å². The lowest BCUT2D eigenvalue weighted by atomic mass is 10.0. The maximum Gasteiger partial charge on any atom is 0.255 e. The number of aromatic nitrogens is 3. The Morgan fingerprint density at radius 3 is 2.55 bits per heavy atom. The average molecular weight is 660 g/mol. The largest absolute Gasteiger partial charge is 0.487 e. The van der Waals surface area contributed by atoms with Crippen LogP contribution in [0.5, 0.6) is 5.75 Å². The molecule has 2 N–H and O–H groups in total. The molecule has 5 aromatic rings. The van der Waals surface area contributed by atoms with Gasteiger partial charge < -0.3 is 29.0 Å². The highest BCUT2D eigenvalue weighted by atomic mass is 16.5. The molecule has 1 atom stereocenters. The fourth-order valence-corrected chi connectivity index (χ4v) is 6.16. The van der Waals surface area contributed by atoms with Crippen LogP contribution in [0.2, 0.25) is 0 Å². The van der Waals surface area contributed by atoms with Gasteiger partial charge in [0.05, 0.1) is 18.9 Å². The second kappa shape index (κ2) is 13.8. The number of piperidine rings is 1. The molecule has 0 bridgehead atoms. The van der Waals surface area contributed by atoms with Gasteiger partial charge in [0.25, 0.3) is 5.91 Å². The van der Waals surface area contributed by atoms with E-state index >= 15 is 0 Å². The van der Waals surface area contributed by atoms with E-state index in [9.17, 15) is 14.4 Å². The number of hydrogen-bond acceptors (Lipinski definition) is 9. The molecular formula is C37H37N7O5.